The third-order valence-electron chi connectivity index (χ3n) is 5.94. The molecule has 4 aromatic heterocycles. The predicted molar refractivity (Wildman–Crippen MR) is 122 cm³/mol. The number of fused-ring (bicyclic) bond motifs is 2. The van der Waals surface area contributed by atoms with Crippen molar-refractivity contribution in [2.75, 3.05) is 16.8 Å². The fourth-order valence-corrected chi connectivity index (χ4v) is 4.32. The zero-order valence-corrected chi connectivity index (χ0v) is 17.2. The molecular weight excluding hydrogens is 388 g/mol. The van der Waals surface area contributed by atoms with Gasteiger partial charge in [-0.25, -0.2) is 14.5 Å². The van der Waals surface area contributed by atoms with Crippen LogP contribution in [0.2, 0.25) is 0 Å². The molecule has 31 heavy (non-hydrogen) atoms. The number of rotatable bonds is 4. The minimum atomic E-state index is 0.520. The van der Waals surface area contributed by atoms with Crippen molar-refractivity contribution in [1.82, 2.24) is 29.8 Å². The summed E-state index contributed by atoms with van der Waals surface area (Å²) in [6, 6.07) is 14.8. The van der Waals surface area contributed by atoms with Crippen molar-refractivity contribution in [1.29, 1.82) is 0 Å². The zero-order chi connectivity index (χ0) is 20.8. The first-order chi connectivity index (χ1) is 15.2. The number of imidazole rings is 1. The van der Waals surface area contributed by atoms with Crippen molar-refractivity contribution < 1.29 is 0 Å². The van der Waals surface area contributed by atoms with Crippen LogP contribution < -0.4 is 10.2 Å². The number of hydrogen-bond donors (Lipinski definition) is 2. The van der Waals surface area contributed by atoms with Gasteiger partial charge in [0.1, 0.15) is 11.6 Å². The van der Waals surface area contributed by atoms with E-state index in [-0.39, 0.29) is 0 Å². The van der Waals surface area contributed by atoms with Crippen molar-refractivity contribution in [3.8, 4) is 11.3 Å². The molecule has 1 fully saturated rings. The molecule has 0 radical (unpaired) electrons. The van der Waals surface area contributed by atoms with Crippen LogP contribution in [-0.4, -0.2) is 42.4 Å². The molecule has 1 atom stereocenters. The maximum atomic E-state index is 4.87. The van der Waals surface area contributed by atoms with E-state index in [1.165, 1.54) is 12.8 Å². The van der Waals surface area contributed by atoms with Crippen LogP contribution in [0.15, 0.2) is 61.1 Å². The maximum absolute atomic E-state index is 4.87. The summed E-state index contributed by atoms with van der Waals surface area (Å²) in [4.78, 5) is 11.7. The Bertz CT molecular complexity index is 1380. The van der Waals surface area contributed by atoms with Crippen LogP contribution in [-0.2, 0) is 0 Å². The van der Waals surface area contributed by atoms with Gasteiger partial charge in [-0.15, -0.1) is 0 Å². The number of H-pyrrole nitrogens is 1. The highest BCUT2D eigenvalue weighted by Crippen LogP contribution is 2.29. The molecule has 0 aliphatic carbocycles. The first-order valence-corrected chi connectivity index (χ1v) is 10.5. The number of hydrogen-bond acceptors (Lipinski definition) is 6. The Morgan fingerprint density at radius 2 is 2.13 bits per heavy atom. The van der Waals surface area contributed by atoms with Gasteiger partial charge in [-0.3, -0.25) is 5.10 Å². The molecule has 1 aromatic carbocycles. The maximum Gasteiger partial charge on any atom is 0.177 e. The lowest BCUT2D eigenvalue weighted by Crippen LogP contribution is -2.27. The normalized spacial score (nSPS) is 16.4. The van der Waals surface area contributed by atoms with E-state index in [0.717, 1.165) is 51.7 Å². The number of benzene rings is 1. The third-order valence-corrected chi connectivity index (χ3v) is 5.94. The Labute approximate surface area is 178 Å². The van der Waals surface area contributed by atoms with Gasteiger partial charge in [0.25, 0.3) is 0 Å². The fourth-order valence-electron chi connectivity index (χ4n) is 4.32. The second-order valence-corrected chi connectivity index (χ2v) is 8.00. The van der Waals surface area contributed by atoms with Crippen molar-refractivity contribution in [2.24, 2.45) is 0 Å². The minimum Gasteiger partial charge on any atom is -0.354 e. The Kier molecular flexibility index (Phi) is 4.09. The predicted octanol–water partition coefficient (Wildman–Crippen LogP) is 4.40. The quantitative estimate of drug-likeness (QED) is 0.457. The first kappa shape index (κ1) is 17.9. The molecule has 154 valence electrons. The summed E-state index contributed by atoms with van der Waals surface area (Å²) in [5.74, 6) is 1.80. The number of nitrogens with zero attached hydrogens (tertiary/aromatic N) is 6. The molecular formula is C23H22N8. The van der Waals surface area contributed by atoms with Crippen LogP contribution in [0.4, 0.5) is 17.3 Å². The van der Waals surface area contributed by atoms with Gasteiger partial charge in [0.05, 0.1) is 23.1 Å². The molecule has 0 amide bonds. The van der Waals surface area contributed by atoms with Crippen LogP contribution in [0.5, 0.6) is 0 Å². The molecule has 0 saturated carbocycles. The highest BCUT2D eigenvalue weighted by molar-refractivity contribution is 5.85. The van der Waals surface area contributed by atoms with E-state index in [4.69, 9.17) is 10.1 Å². The van der Waals surface area contributed by atoms with Crippen LogP contribution in [0.1, 0.15) is 19.8 Å². The molecule has 0 bridgehead atoms. The van der Waals surface area contributed by atoms with Crippen LogP contribution in [0.3, 0.4) is 0 Å². The lowest BCUT2D eigenvalue weighted by Gasteiger charge is -2.23. The van der Waals surface area contributed by atoms with Gasteiger partial charge in [0.2, 0.25) is 0 Å². The van der Waals surface area contributed by atoms with E-state index < -0.39 is 0 Å². The summed E-state index contributed by atoms with van der Waals surface area (Å²) in [5, 5.41) is 16.4. The summed E-state index contributed by atoms with van der Waals surface area (Å²) >= 11 is 0. The third kappa shape index (κ3) is 3.16. The summed E-state index contributed by atoms with van der Waals surface area (Å²) < 4.78 is 1.80. The highest BCUT2D eigenvalue weighted by Gasteiger charge is 2.21. The Morgan fingerprint density at radius 1 is 1.16 bits per heavy atom. The SMILES string of the molecule is CC1CCCN1c1cccc(Nc2cc(-c3ccc4[nH]ncc4c3)nn3ccnc23)n1. The van der Waals surface area contributed by atoms with Gasteiger partial charge in [-0.2, -0.15) is 10.2 Å². The summed E-state index contributed by atoms with van der Waals surface area (Å²) in [6.07, 6.45) is 7.86. The number of pyridine rings is 1. The van der Waals surface area contributed by atoms with E-state index in [1.807, 2.05) is 42.7 Å². The van der Waals surface area contributed by atoms with Gasteiger partial charge in [-0.05, 0) is 50.1 Å². The van der Waals surface area contributed by atoms with E-state index >= 15 is 0 Å². The van der Waals surface area contributed by atoms with Gasteiger partial charge in [0, 0.05) is 35.9 Å². The lowest BCUT2D eigenvalue weighted by molar-refractivity contribution is 0.727. The molecule has 1 aliphatic heterocycles. The lowest BCUT2D eigenvalue weighted by atomic mass is 10.1. The van der Waals surface area contributed by atoms with Gasteiger partial charge in [0.15, 0.2) is 5.65 Å². The molecule has 8 nitrogen and oxygen atoms in total. The van der Waals surface area contributed by atoms with Gasteiger partial charge in [-0.1, -0.05) is 12.1 Å². The van der Waals surface area contributed by atoms with Crippen molar-refractivity contribution in [3.63, 3.8) is 0 Å². The molecule has 2 N–H and O–H groups in total. The average molecular weight is 410 g/mol. The standard InChI is InChI=1S/C23H22N8/c1-15-4-3-10-30(15)22-6-2-5-21(27-22)26-20-13-19(29-31-11-9-24-23(20)31)16-7-8-18-17(12-16)14-25-28-18/h2,5-9,11-15H,3-4,10H2,1H3,(H,25,28)(H,26,27). The Hall–Kier alpha value is -3.94. The molecule has 8 heteroatoms. The monoisotopic (exact) mass is 410 g/mol. The average Bonchev–Trinajstić information content (AvgIpc) is 3.53. The van der Waals surface area contributed by atoms with Crippen molar-refractivity contribution in [3.05, 3.63) is 61.1 Å². The second kappa shape index (κ2) is 7.09. The molecule has 6 rings (SSSR count). The summed E-state index contributed by atoms with van der Waals surface area (Å²) in [5.41, 5.74) is 4.49. The van der Waals surface area contributed by atoms with Crippen molar-refractivity contribution >= 4 is 33.9 Å². The van der Waals surface area contributed by atoms with Crippen LogP contribution >= 0.6 is 0 Å². The largest absolute Gasteiger partial charge is 0.354 e. The van der Waals surface area contributed by atoms with Gasteiger partial charge < -0.3 is 10.2 Å². The number of nitrogens with one attached hydrogen (secondary N) is 2. The Balaban J connectivity index is 1.39. The summed E-state index contributed by atoms with van der Waals surface area (Å²) in [6.45, 7) is 3.31. The topological polar surface area (TPSA) is 87.0 Å². The summed E-state index contributed by atoms with van der Waals surface area (Å²) in [7, 11) is 0. The minimum absolute atomic E-state index is 0.520. The smallest absolute Gasteiger partial charge is 0.177 e. The van der Waals surface area contributed by atoms with E-state index in [2.05, 4.69) is 44.5 Å². The molecule has 1 aliphatic rings. The van der Waals surface area contributed by atoms with Crippen LogP contribution in [0, 0.1) is 0 Å². The fraction of sp³-hybridized carbons (Fsp3) is 0.217. The first-order valence-electron chi connectivity index (χ1n) is 10.5. The second-order valence-electron chi connectivity index (χ2n) is 8.00. The molecule has 1 saturated heterocycles. The Morgan fingerprint density at radius 3 is 3.03 bits per heavy atom. The molecule has 1 unspecified atom stereocenters. The van der Waals surface area contributed by atoms with E-state index in [9.17, 15) is 0 Å². The van der Waals surface area contributed by atoms with E-state index in [1.54, 1.807) is 10.7 Å². The highest BCUT2D eigenvalue weighted by atomic mass is 15.3. The zero-order valence-electron chi connectivity index (χ0n) is 17.2. The molecule has 5 aromatic rings. The number of aromatic amines is 1. The molecule has 0 spiro atoms. The molecule has 5 heterocycles. The number of aromatic nitrogens is 6. The van der Waals surface area contributed by atoms with Gasteiger partial charge >= 0.3 is 0 Å². The van der Waals surface area contributed by atoms with E-state index in [0.29, 0.717) is 6.04 Å². The van der Waals surface area contributed by atoms with Crippen LogP contribution in [0.25, 0.3) is 27.8 Å². The van der Waals surface area contributed by atoms with Crippen molar-refractivity contribution in [2.45, 2.75) is 25.8 Å². The number of anilines is 3.